The lowest BCUT2D eigenvalue weighted by Crippen LogP contribution is -2.23. The molecule has 0 saturated carbocycles. The number of hydrogen-bond donors (Lipinski definition) is 0. The first-order valence-corrected chi connectivity index (χ1v) is 4.33. The van der Waals surface area contributed by atoms with Crippen LogP contribution in [0.3, 0.4) is 0 Å². The minimum Gasteiger partial charge on any atom is -0.469 e. The quantitative estimate of drug-likeness (QED) is 0.452. The van der Waals surface area contributed by atoms with E-state index in [1.54, 1.807) is 0 Å². The Morgan fingerprint density at radius 3 is 2.77 bits per heavy atom. The molecule has 0 rings (SSSR count). The molecule has 0 unspecified atom stereocenters. The second-order valence-corrected chi connectivity index (χ2v) is 2.89. The highest BCUT2D eigenvalue weighted by atomic mass is 16.5. The third kappa shape index (κ3) is 7.29. The first-order chi connectivity index (χ1) is 6.20. The topological polar surface area (TPSA) is 53.3 Å². The number of methoxy groups -OCH3 is 1. The van der Waals surface area contributed by atoms with Gasteiger partial charge in [-0.2, -0.15) is 5.26 Å². The van der Waals surface area contributed by atoms with Crippen LogP contribution >= 0.6 is 0 Å². The van der Waals surface area contributed by atoms with Gasteiger partial charge < -0.3 is 9.64 Å². The predicted molar refractivity (Wildman–Crippen MR) is 49.0 cm³/mol. The minimum atomic E-state index is -0.188. The number of rotatable bonds is 6. The van der Waals surface area contributed by atoms with Crippen molar-refractivity contribution in [2.45, 2.75) is 19.3 Å². The molecule has 4 nitrogen and oxygen atoms in total. The molecule has 0 N–H and O–H groups in total. The Labute approximate surface area is 79.1 Å². The predicted octanol–water partition coefficient (Wildman–Crippen LogP) is 0.785. The van der Waals surface area contributed by atoms with Crippen LogP contribution in [0, 0.1) is 11.3 Å². The summed E-state index contributed by atoms with van der Waals surface area (Å²) in [4.78, 5) is 12.8. The Hall–Kier alpha value is -1.08. The zero-order valence-electron chi connectivity index (χ0n) is 8.25. The van der Waals surface area contributed by atoms with Crippen LogP contribution in [0.4, 0.5) is 0 Å². The zero-order chi connectivity index (χ0) is 10.1. The fourth-order valence-corrected chi connectivity index (χ4v) is 0.924. The van der Waals surface area contributed by atoms with Crippen LogP contribution in [0.5, 0.6) is 0 Å². The number of ether oxygens (including phenoxy) is 1. The fraction of sp³-hybridized carbons (Fsp3) is 0.778. The molecule has 0 aromatic carbocycles. The Morgan fingerprint density at radius 1 is 1.54 bits per heavy atom. The van der Waals surface area contributed by atoms with Gasteiger partial charge in [0, 0.05) is 13.0 Å². The first-order valence-electron chi connectivity index (χ1n) is 4.33. The molecule has 0 spiro atoms. The zero-order valence-corrected chi connectivity index (χ0v) is 8.25. The van der Waals surface area contributed by atoms with Crippen LogP contribution in [0.1, 0.15) is 19.3 Å². The molecule has 0 aliphatic carbocycles. The lowest BCUT2D eigenvalue weighted by atomic mass is 10.3. The van der Waals surface area contributed by atoms with Crippen molar-refractivity contribution in [3.05, 3.63) is 0 Å². The summed E-state index contributed by atoms with van der Waals surface area (Å²) in [7, 11) is 3.32. The summed E-state index contributed by atoms with van der Waals surface area (Å²) in [6.07, 6.45) is 1.84. The molecule has 13 heavy (non-hydrogen) atoms. The Balaban J connectivity index is 3.35. The molecule has 0 bridgehead atoms. The number of esters is 1. The number of carbonyl (C=O) groups excluding carboxylic acids is 1. The van der Waals surface area contributed by atoms with Crippen LogP contribution in [0.2, 0.25) is 0 Å². The van der Waals surface area contributed by atoms with Crippen molar-refractivity contribution in [3.63, 3.8) is 0 Å². The van der Waals surface area contributed by atoms with Gasteiger partial charge in [-0.1, -0.05) is 0 Å². The van der Waals surface area contributed by atoms with E-state index in [9.17, 15) is 4.79 Å². The summed E-state index contributed by atoms with van der Waals surface area (Å²) in [6, 6.07) is 2.08. The molecule has 0 heterocycles. The van der Waals surface area contributed by atoms with Crippen molar-refractivity contribution in [1.29, 1.82) is 5.26 Å². The number of nitrogens with zero attached hydrogens (tertiary/aromatic N) is 2. The average Bonchev–Trinajstić information content (AvgIpc) is 2.14. The minimum absolute atomic E-state index is 0.188. The third-order valence-corrected chi connectivity index (χ3v) is 1.75. The molecule has 0 amide bonds. The molecule has 0 saturated heterocycles. The standard InChI is InChI=1S/C9H16N2O2/c1-11(7-4-3-6-10)8-5-9(12)13-2/h3-5,7-8H2,1-2H3. The number of carbonyl (C=O) groups is 1. The largest absolute Gasteiger partial charge is 0.469 e. The fourth-order valence-electron chi connectivity index (χ4n) is 0.924. The summed E-state index contributed by atoms with van der Waals surface area (Å²) in [5.41, 5.74) is 0. The number of unbranched alkanes of at least 4 members (excludes halogenated alkanes) is 1. The lowest BCUT2D eigenvalue weighted by molar-refractivity contribution is -0.140. The van der Waals surface area contributed by atoms with E-state index in [0.29, 0.717) is 19.4 Å². The lowest BCUT2D eigenvalue weighted by Gasteiger charge is -2.14. The van der Waals surface area contributed by atoms with Crippen LogP contribution in [-0.2, 0) is 9.53 Å². The maximum atomic E-state index is 10.7. The molecule has 0 aliphatic heterocycles. The van der Waals surface area contributed by atoms with Gasteiger partial charge in [0.15, 0.2) is 0 Å². The van der Waals surface area contributed by atoms with Gasteiger partial charge in [0.25, 0.3) is 0 Å². The van der Waals surface area contributed by atoms with E-state index < -0.39 is 0 Å². The van der Waals surface area contributed by atoms with Gasteiger partial charge >= 0.3 is 5.97 Å². The van der Waals surface area contributed by atoms with Gasteiger partial charge in [-0.05, 0) is 20.0 Å². The molecule has 0 atom stereocenters. The van der Waals surface area contributed by atoms with Gasteiger partial charge in [-0.3, -0.25) is 4.79 Å². The first kappa shape index (κ1) is 11.9. The molecule has 0 radical (unpaired) electrons. The second-order valence-electron chi connectivity index (χ2n) is 2.89. The smallest absolute Gasteiger partial charge is 0.306 e. The van der Waals surface area contributed by atoms with E-state index in [1.807, 2.05) is 11.9 Å². The van der Waals surface area contributed by atoms with Gasteiger partial charge in [-0.25, -0.2) is 0 Å². The SMILES string of the molecule is COC(=O)CCN(C)CCCC#N. The third-order valence-electron chi connectivity index (χ3n) is 1.75. The molecular weight excluding hydrogens is 168 g/mol. The maximum absolute atomic E-state index is 10.7. The summed E-state index contributed by atoms with van der Waals surface area (Å²) in [5, 5.41) is 8.29. The normalized spacial score (nSPS) is 9.69. The van der Waals surface area contributed by atoms with E-state index in [0.717, 1.165) is 13.0 Å². The number of nitriles is 1. The monoisotopic (exact) mass is 184 g/mol. The summed E-state index contributed by atoms with van der Waals surface area (Å²) < 4.78 is 4.51. The van der Waals surface area contributed by atoms with Crippen molar-refractivity contribution in [2.24, 2.45) is 0 Å². The Morgan fingerprint density at radius 2 is 2.23 bits per heavy atom. The molecule has 4 heteroatoms. The van der Waals surface area contributed by atoms with Crippen molar-refractivity contribution in [3.8, 4) is 6.07 Å². The molecule has 0 fully saturated rings. The van der Waals surface area contributed by atoms with Crippen molar-refractivity contribution in [1.82, 2.24) is 4.90 Å². The second kappa shape index (κ2) is 7.56. The van der Waals surface area contributed by atoms with Crippen LogP contribution in [0.15, 0.2) is 0 Å². The van der Waals surface area contributed by atoms with E-state index >= 15 is 0 Å². The van der Waals surface area contributed by atoms with E-state index in [4.69, 9.17) is 5.26 Å². The highest BCUT2D eigenvalue weighted by molar-refractivity contribution is 5.69. The van der Waals surface area contributed by atoms with Gasteiger partial charge in [0.1, 0.15) is 0 Å². The molecule has 74 valence electrons. The van der Waals surface area contributed by atoms with E-state index in [2.05, 4.69) is 10.8 Å². The van der Waals surface area contributed by atoms with Crippen LogP contribution in [-0.4, -0.2) is 38.1 Å². The van der Waals surface area contributed by atoms with Crippen LogP contribution < -0.4 is 0 Å². The summed E-state index contributed by atoms with van der Waals surface area (Å²) in [6.45, 7) is 1.54. The van der Waals surface area contributed by atoms with Gasteiger partial charge in [-0.15, -0.1) is 0 Å². The van der Waals surface area contributed by atoms with Gasteiger partial charge in [0.2, 0.25) is 0 Å². The number of hydrogen-bond acceptors (Lipinski definition) is 4. The summed E-state index contributed by atoms with van der Waals surface area (Å²) in [5.74, 6) is -0.188. The van der Waals surface area contributed by atoms with Gasteiger partial charge in [0.05, 0.1) is 19.6 Å². The van der Waals surface area contributed by atoms with Crippen molar-refractivity contribution in [2.75, 3.05) is 27.2 Å². The van der Waals surface area contributed by atoms with Crippen molar-refractivity contribution < 1.29 is 9.53 Å². The van der Waals surface area contributed by atoms with Crippen molar-refractivity contribution >= 4 is 5.97 Å². The van der Waals surface area contributed by atoms with E-state index in [1.165, 1.54) is 7.11 Å². The highest BCUT2D eigenvalue weighted by Gasteiger charge is 2.03. The summed E-state index contributed by atoms with van der Waals surface area (Å²) >= 11 is 0. The highest BCUT2D eigenvalue weighted by Crippen LogP contribution is 1.94. The Kier molecular flexibility index (Phi) is 6.93. The molecular formula is C9H16N2O2. The molecule has 0 aliphatic rings. The average molecular weight is 184 g/mol. The van der Waals surface area contributed by atoms with E-state index in [-0.39, 0.29) is 5.97 Å². The molecule has 0 aromatic rings. The Bertz CT molecular complexity index is 187. The molecule has 0 aromatic heterocycles. The van der Waals surface area contributed by atoms with Crippen LogP contribution in [0.25, 0.3) is 0 Å². The maximum Gasteiger partial charge on any atom is 0.306 e.